The summed E-state index contributed by atoms with van der Waals surface area (Å²) in [6.07, 6.45) is 0. The first kappa shape index (κ1) is 16.0. The number of amides is 2. The summed E-state index contributed by atoms with van der Waals surface area (Å²) < 4.78 is 0. The van der Waals surface area contributed by atoms with Gasteiger partial charge in [-0.3, -0.25) is 0 Å². The molecule has 0 unspecified atom stereocenters. The Hall–Kier alpha value is -1.42. The fourth-order valence-electron chi connectivity index (χ4n) is 2.48. The van der Waals surface area contributed by atoms with Crippen molar-refractivity contribution in [3.8, 4) is 0 Å². The lowest BCUT2D eigenvalue weighted by Gasteiger charge is -2.37. The van der Waals surface area contributed by atoms with Crippen molar-refractivity contribution in [1.82, 2.24) is 10.2 Å². The van der Waals surface area contributed by atoms with E-state index in [2.05, 4.69) is 31.0 Å². The van der Waals surface area contributed by atoms with Crippen LogP contribution in [0.3, 0.4) is 0 Å². The van der Waals surface area contributed by atoms with E-state index in [1.54, 1.807) is 0 Å². The van der Waals surface area contributed by atoms with Gasteiger partial charge in [-0.25, -0.2) is 4.79 Å². The molecule has 4 nitrogen and oxygen atoms in total. The van der Waals surface area contributed by atoms with Crippen molar-refractivity contribution < 1.29 is 4.79 Å². The van der Waals surface area contributed by atoms with Crippen molar-refractivity contribution >= 4 is 23.3 Å². The van der Waals surface area contributed by atoms with Gasteiger partial charge in [-0.05, 0) is 30.5 Å². The standard InChI is InChI=1S/C16H24ClN3O/c1-12(2)11-18-16(21)20-8-6-19(7-9-20)15-10-14(17)5-4-13(15)3/h4-5,10,12H,6-9,11H2,1-3H3,(H,18,21). The van der Waals surface area contributed by atoms with Gasteiger partial charge >= 0.3 is 6.03 Å². The molecule has 0 bridgehead atoms. The van der Waals surface area contributed by atoms with Crippen molar-refractivity contribution in [1.29, 1.82) is 0 Å². The Morgan fingerprint density at radius 3 is 2.57 bits per heavy atom. The van der Waals surface area contributed by atoms with E-state index in [0.29, 0.717) is 5.92 Å². The van der Waals surface area contributed by atoms with Crippen LogP contribution < -0.4 is 10.2 Å². The number of nitrogens with one attached hydrogen (secondary N) is 1. The molecule has 0 aliphatic carbocycles. The highest BCUT2D eigenvalue weighted by Crippen LogP contribution is 2.25. The van der Waals surface area contributed by atoms with Crippen molar-refractivity contribution in [2.24, 2.45) is 5.92 Å². The minimum atomic E-state index is 0.0474. The molecule has 0 atom stereocenters. The van der Waals surface area contributed by atoms with E-state index in [1.165, 1.54) is 11.3 Å². The Bertz CT molecular complexity index is 496. The third kappa shape index (κ3) is 4.27. The van der Waals surface area contributed by atoms with Crippen LogP contribution in [0.25, 0.3) is 0 Å². The van der Waals surface area contributed by atoms with Crippen molar-refractivity contribution in [2.45, 2.75) is 20.8 Å². The average molecular weight is 310 g/mol. The van der Waals surface area contributed by atoms with Gasteiger partial charge in [0.2, 0.25) is 0 Å². The number of anilines is 1. The Morgan fingerprint density at radius 2 is 1.95 bits per heavy atom. The quantitative estimate of drug-likeness (QED) is 0.931. The summed E-state index contributed by atoms with van der Waals surface area (Å²) in [5.41, 5.74) is 2.39. The number of aryl methyl sites for hydroxylation is 1. The van der Waals surface area contributed by atoms with Crippen LogP contribution in [-0.4, -0.2) is 43.7 Å². The molecule has 116 valence electrons. The first-order valence-electron chi connectivity index (χ1n) is 7.51. The van der Waals surface area contributed by atoms with Crippen LogP contribution in [0.2, 0.25) is 5.02 Å². The fraction of sp³-hybridized carbons (Fsp3) is 0.562. The van der Waals surface area contributed by atoms with E-state index in [1.807, 2.05) is 23.1 Å². The Balaban J connectivity index is 1.91. The summed E-state index contributed by atoms with van der Waals surface area (Å²) in [7, 11) is 0. The summed E-state index contributed by atoms with van der Waals surface area (Å²) in [5.74, 6) is 0.476. The van der Waals surface area contributed by atoms with Gasteiger partial charge in [0.05, 0.1) is 0 Å². The molecule has 2 rings (SSSR count). The number of urea groups is 1. The third-order valence-electron chi connectivity index (χ3n) is 3.74. The van der Waals surface area contributed by atoms with E-state index >= 15 is 0 Å². The second-order valence-corrected chi connectivity index (χ2v) is 6.42. The van der Waals surface area contributed by atoms with Crippen LogP contribution >= 0.6 is 11.6 Å². The summed E-state index contributed by atoms with van der Waals surface area (Å²) in [6.45, 7) is 10.2. The molecule has 1 aliphatic heterocycles. The largest absolute Gasteiger partial charge is 0.368 e. The number of carbonyl (C=O) groups excluding carboxylic acids is 1. The minimum Gasteiger partial charge on any atom is -0.368 e. The average Bonchev–Trinajstić information content (AvgIpc) is 2.47. The molecule has 1 fully saturated rings. The van der Waals surface area contributed by atoms with Crippen LogP contribution in [0, 0.1) is 12.8 Å². The SMILES string of the molecule is Cc1ccc(Cl)cc1N1CCN(C(=O)NCC(C)C)CC1. The molecule has 21 heavy (non-hydrogen) atoms. The summed E-state index contributed by atoms with van der Waals surface area (Å²) >= 11 is 6.08. The molecule has 0 saturated carbocycles. The zero-order valence-electron chi connectivity index (χ0n) is 13.0. The van der Waals surface area contributed by atoms with Gasteiger partial charge < -0.3 is 15.1 Å². The van der Waals surface area contributed by atoms with Gasteiger partial charge in [0.25, 0.3) is 0 Å². The lowest BCUT2D eigenvalue weighted by Crippen LogP contribution is -2.52. The molecule has 2 amide bonds. The zero-order chi connectivity index (χ0) is 15.4. The first-order chi connectivity index (χ1) is 9.97. The topological polar surface area (TPSA) is 35.6 Å². The number of rotatable bonds is 3. The molecule has 0 aromatic heterocycles. The number of hydrogen-bond acceptors (Lipinski definition) is 2. The Morgan fingerprint density at radius 1 is 1.29 bits per heavy atom. The monoisotopic (exact) mass is 309 g/mol. The second kappa shape index (κ2) is 7.03. The lowest BCUT2D eigenvalue weighted by molar-refractivity contribution is 0.193. The molecule has 1 N–H and O–H groups in total. The lowest BCUT2D eigenvalue weighted by atomic mass is 10.1. The highest BCUT2D eigenvalue weighted by Gasteiger charge is 2.22. The van der Waals surface area contributed by atoms with Crippen molar-refractivity contribution in [2.75, 3.05) is 37.6 Å². The van der Waals surface area contributed by atoms with E-state index in [9.17, 15) is 4.79 Å². The number of nitrogens with zero attached hydrogens (tertiary/aromatic N) is 2. The zero-order valence-corrected chi connectivity index (χ0v) is 13.8. The predicted octanol–water partition coefficient (Wildman–Crippen LogP) is 3.14. The van der Waals surface area contributed by atoms with Gasteiger partial charge in [0.15, 0.2) is 0 Å². The smallest absolute Gasteiger partial charge is 0.317 e. The van der Waals surface area contributed by atoms with E-state index in [4.69, 9.17) is 11.6 Å². The molecular formula is C16H24ClN3O. The summed E-state index contributed by atoms with van der Waals surface area (Å²) in [5, 5.41) is 3.73. The maximum atomic E-state index is 12.0. The minimum absolute atomic E-state index is 0.0474. The van der Waals surface area contributed by atoms with Gasteiger partial charge in [0, 0.05) is 43.4 Å². The maximum absolute atomic E-state index is 12.0. The van der Waals surface area contributed by atoms with Gasteiger partial charge in [-0.2, -0.15) is 0 Å². The van der Waals surface area contributed by atoms with Gasteiger partial charge in [-0.1, -0.05) is 31.5 Å². The van der Waals surface area contributed by atoms with Crippen molar-refractivity contribution in [3.63, 3.8) is 0 Å². The van der Waals surface area contributed by atoms with Crippen LogP contribution in [0.4, 0.5) is 10.5 Å². The molecular weight excluding hydrogens is 286 g/mol. The van der Waals surface area contributed by atoms with Gasteiger partial charge in [0.1, 0.15) is 0 Å². The molecule has 1 saturated heterocycles. The molecule has 5 heteroatoms. The fourth-order valence-corrected chi connectivity index (χ4v) is 2.64. The second-order valence-electron chi connectivity index (χ2n) is 5.98. The molecule has 1 heterocycles. The highest BCUT2D eigenvalue weighted by molar-refractivity contribution is 6.30. The first-order valence-corrected chi connectivity index (χ1v) is 7.89. The molecule has 1 aliphatic rings. The highest BCUT2D eigenvalue weighted by atomic mass is 35.5. The Kier molecular flexibility index (Phi) is 5.34. The van der Waals surface area contributed by atoms with Crippen LogP contribution in [-0.2, 0) is 0 Å². The number of halogens is 1. The predicted molar refractivity (Wildman–Crippen MR) is 88.2 cm³/mol. The number of carbonyl (C=O) groups is 1. The number of benzene rings is 1. The summed E-state index contributed by atoms with van der Waals surface area (Å²) in [4.78, 5) is 16.2. The van der Waals surface area contributed by atoms with Crippen molar-refractivity contribution in [3.05, 3.63) is 28.8 Å². The number of piperazine rings is 1. The van der Waals surface area contributed by atoms with Crippen LogP contribution in [0.15, 0.2) is 18.2 Å². The number of hydrogen-bond donors (Lipinski definition) is 1. The molecule has 1 aromatic carbocycles. The van der Waals surface area contributed by atoms with E-state index in [-0.39, 0.29) is 6.03 Å². The summed E-state index contributed by atoms with van der Waals surface area (Å²) in [6, 6.07) is 6.01. The van der Waals surface area contributed by atoms with E-state index < -0.39 is 0 Å². The maximum Gasteiger partial charge on any atom is 0.317 e. The van der Waals surface area contributed by atoms with Crippen LogP contribution in [0.1, 0.15) is 19.4 Å². The molecule has 1 aromatic rings. The molecule has 0 spiro atoms. The van der Waals surface area contributed by atoms with Gasteiger partial charge in [-0.15, -0.1) is 0 Å². The molecule has 0 radical (unpaired) electrons. The third-order valence-corrected chi connectivity index (χ3v) is 3.98. The Labute approximate surface area is 132 Å². The van der Waals surface area contributed by atoms with E-state index in [0.717, 1.165) is 37.7 Å². The van der Waals surface area contributed by atoms with Crippen LogP contribution in [0.5, 0.6) is 0 Å². The normalized spacial score (nSPS) is 15.5.